The first-order valence-corrected chi connectivity index (χ1v) is 14.3. The Hall–Kier alpha value is -4.39. The number of nitrogens with one attached hydrogen (secondary N) is 1. The standard InChI is InChI=1S/C36H35F2N3O/c37-32-18-14-30(15-19-32)36(31-16-20-33(38)21-17-31)41-26-24-40(25-27-41)23-22-39-35(42)13-7-12-34(28-8-3-1-4-9-28)29-10-5-2-6-11-29/h1-21,36H,22-27H2,(H,39,42). The highest BCUT2D eigenvalue weighted by Gasteiger charge is 2.26. The van der Waals surface area contributed by atoms with Crippen molar-refractivity contribution in [3.63, 3.8) is 0 Å². The molecule has 214 valence electrons. The summed E-state index contributed by atoms with van der Waals surface area (Å²) in [5.41, 5.74) is 5.19. The molecule has 1 amide bonds. The summed E-state index contributed by atoms with van der Waals surface area (Å²) in [6, 6.07) is 33.3. The molecule has 5 rings (SSSR count). The Morgan fingerprint density at radius 1 is 0.714 bits per heavy atom. The molecule has 1 N–H and O–H groups in total. The first-order valence-electron chi connectivity index (χ1n) is 14.3. The first kappa shape index (κ1) is 29.1. The van der Waals surface area contributed by atoms with Gasteiger partial charge in [0.2, 0.25) is 5.91 Å². The fourth-order valence-corrected chi connectivity index (χ4v) is 5.37. The molecular formula is C36H35F2N3O. The Labute approximate surface area is 246 Å². The van der Waals surface area contributed by atoms with Crippen LogP contribution >= 0.6 is 0 Å². The van der Waals surface area contributed by atoms with Crippen LogP contribution in [-0.4, -0.2) is 55.0 Å². The molecule has 1 fully saturated rings. The maximum Gasteiger partial charge on any atom is 0.244 e. The van der Waals surface area contributed by atoms with Crippen molar-refractivity contribution in [1.82, 2.24) is 15.1 Å². The Morgan fingerprint density at radius 3 is 1.71 bits per heavy atom. The highest BCUT2D eigenvalue weighted by atomic mass is 19.1. The van der Waals surface area contributed by atoms with Crippen molar-refractivity contribution < 1.29 is 13.6 Å². The summed E-state index contributed by atoms with van der Waals surface area (Å²) >= 11 is 0. The number of benzene rings is 4. The molecule has 6 heteroatoms. The highest BCUT2D eigenvalue weighted by Crippen LogP contribution is 2.30. The zero-order chi connectivity index (χ0) is 29.1. The van der Waals surface area contributed by atoms with Gasteiger partial charge in [-0.05, 0) is 52.1 Å². The molecule has 1 heterocycles. The van der Waals surface area contributed by atoms with Gasteiger partial charge >= 0.3 is 0 Å². The second-order valence-corrected chi connectivity index (χ2v) is 10.3. The smallest absolute Gasteiger partial charge is 0.244 e. The second-order valence-electron chi connectivity index (χ2n) is 10.3. The quantitative estimate of drug-likeness (QED) is 0.177. The lowest BCUT2D eigenvalue weighted by Gasteiger charge is -2.39. The Balaban J connectivity index is 1.14. The third-order valence-electron chi connectivity index (χ3n) is 7.55. The monoisotopic (exact) mass is 563 g/mol. The molecule has 0 unspecified atom stereocenters. The van der Waals surface area contributed by atoms with Crippen molar-refractivity contribution in [3.05, 3.63) is 161 Å². The van der Waals surface area contributed by atoms with E-state index in [0.29, 0.717) is 6.54 Å². The summed E-state index contributed by atoms with van der Waals surface area (Å²) in [4.78, 5) is 17.2. The molecular weight excluding hydrogens is 528 g/mol. The number of carbonyl (C=O) groups is 1. The van der Waals surface area contributed by atoms with Crippen molar-refractivity contribution in [2.24, 2.45) is 0 Å². The lowest BCUT2D eigenvalue weighted by molar-refractivity contribution is -0.116. The van der Waals surface area contributed by atoms with Crippen LogP contribution in [0.2, 0.25) is 0 Å². The van der Waals surface area contributed by atoms with E-state index in [1.54, 1.807) is 36.4 Å². The summed E-state index contributed by atoms with van der Waals surface area (Å²) in [7, 11) is 0. The van der Waals surface area contributed by atoms with Crippen molar-refractivity contribution >= 4 is 11.5 Å². The minimum atomic E-state index is -0.276. The van der Waals surface area contributed by atoms with Gasteiger partial charge < -0.3 is 5.32 Å². The van der Waals surface area contributed by atoms with Crippen LogP contribution in [0, 0.1) is 11.6 Å². The predicted octanol–water partition coefficient (Wildman–Crippen LogP) is 6.48. The van der Waals surface area contributed by atoms with Crippen LogP contribution in [0.15, 0.2) is 127 Å². The Bertz CT molecular complexity index is 1390. The minimum absolute atomic E-state index is 0.0806. The molecule has 0 radical (unpaired) electrons. The fourth-order valence-electron chi connectivity index (χ4n) is 5.37. The summed E-state index contributed by atoms with van der Waals surface area (Å²) in [5, 5.41) is 3.00. The van der Waals surface area contributed by atoms with E-state index < -0.39 is 0 Å². The van der Waals surface area contributed by atoms with Crippen molar-refractivity contribution in [2.45, 2.75) is 6.04 Å². The van der Waals surface area contributed by atoms with Gasteiger partial charge in [0.15, 0.2) is 0 Å². The predicted molar refractivity (Wildman–Crippen MR) is 165 cm³/mol. The van der Waals surface area contributed by atoms with Gasteiger partial charge in [0, 0.05) is 45.3 Å². The summed E-state index contributed by atoms with van der Waals surface area (Å²) < 4.78 is 27.2. The minimum Gasteiger partial charge on any atom is -0.351 e. The average molecular weight is 564 g/mol. The Kier molecular flexibility index (Phi) is 10.0. The van der Waals surface area contributed by atoms with Crippen LogP contribution in [0.1, 0.15) is 28.3 Å². The molecule has 0 spiro atoms. The summed E-state index contributed by atoms with van der Waals surface area (Å²) in [5.74, 6) is -0.678. The molecule has 4 aromatic carbocycles. The fraction of sp³-hybridized carbons (Fsp3) is 0.194. The van der Waals surface area contributed by atoms with E-state index in [4.69, 9.17) is 0 Å². The lowest BCUT2D eigenvalue weighted by atomic mass is 9.96. The van der Waals surface area contributed by atoms with Crippen LogP contribution in [0.3, 0.4) is 0 Å². The normalized spacial score (nSPS) is 14.3. The molecule has 1 saturated heterocycles. The number of nitrogens with zero attached hydrogens (tertiary/aromatic N) is 2. The zero-order valence-corrected chi connectivity index (χ0v) is 23.5. The van der Waals surface area contributed by atoms with Crippen LogP contribution < -0.4 is 5.32 Å². The zero-order valence-electron chi connectivity index (χ0n) is 23.5. The van der Waals surface area contributed by atoms with Gasteiger partial charge in [-0.15, -0.1) is 0 Å². The topological polar surface area (TPSA) is 35.6 Å². The van der Waals surface area contributed by atoms with Crippen LogP contribution in [-0.2, 0) is 4.79 Å². The Morgan fingerprint density at radius 2 is 1.21 bits per heavy atom. The molecule has 4 nitrogen and oxygen atoms in total. The number of hydrogen-bond acceptors (Lipinski definition) is 3. The molecule has 0 saturated carbocycles. The van der Waals surface area contributed by atoms with Gasteiger partial charge in [0.1, 0.15) is 11.6 Å². The van der Waals surface area contributed by atoms with E-state index >= 15 is 0 Å². The molecule has 0 bridgehead atoms. The summed E-state index contributed by atoms with van der Waals surface area (Å²) in [6.45, 7) is 4.59. The number of carbonyl (C=O) groups excluding carboxylic acids is 1. The van der Waals surface area contributed by atoms with Gasteiger partial charge in [-0.25, -0.2) is 8.78 Å². The SMILES string of the molecule is O=C(C=CC=C(c1ccccc1)c1ccccc1)NCCN1CCN(C(c2ccc(F)cc2)c2ccc(F)cc2)CC1. The first-order chi connectivity index (χ1) is 20.6. The molecule has 42 heavy (non-hydrogen) atoms. The highest BCUT2D eigenvalue weighted by molar-refractivity contribution is 5.89. The molecule has 0 aromatic heterocycles. The number of allylic oxidation sites excluding steroid dienone is 2. The van der Waals surface area contributed by atoms with Gasteiger partial charge in [-0.2, -0.15) is 0 Å². The average Bonchev–Trinajstić information content (AvgIpc) is 3.03. The third-order valence-corrected chi connectivity index (χ3v) is 7.55. The van der Waals surface area contributed by atoms with Crippen LogP contribution in [0.5, 0.6) is 0 Å². The number of piperazine rings is 1. The molecule has 1 aliphatic heterocycles. The van der Waals surface area contributed by atoms with Crippen molar-refractivity contribution in [2.75, 3.05) is 39.3 Å². The van der Waals surface area contributed by atoms with E-state index in [9.17, 15) is 13.6 Å². The van der Waals surface area contributed by atoms with E-state index in [0.717, 1.165) is 60.6 Å². The maximum atomic E-state index is 13.6. The molecule has 0 atom stereocenters. The molecule has 0 aliphatic carbocycles. The molecule has 4 aromatic rings. The lowest BCUT2D eigenvalue weighted by Crippen LogP contribution is -2.49. The van der Waals surface area contributed by atoms with E-state index in [-0.39, 0.29) is 23.6 Å². The van der Waals surface area contributed by atoms with Gasteiger partial charge in [0.25, 0.3) is 0 Å². The molecule has 1 aliphatic rings. The van der Waals surface area contributed by atoms with Crippen LogP contribution in [0.25, 0.3) is 5.57 Å². The van der Waals surface area contributed by atoms with E-state index in [1.165, 1.54) is 24.3 Å². The van der Waals surface area contributed by atoms with Crippen molar-refractivity contribution in [3.8, 4) is 0 Å². The number of halogens is 2. The van der Waals surface area contributed by atoms with Crippen LogP contribution in [0.4, 0.5) is 8.78 Å². The largest absolute Gasteiger partial charge is 0.351 e. The maximum absolute atomic E-state index is 13.6. The third kappa shape index (κ3) is 7.87. The number of rotatable bonds is 10. The van der Waals surface area contributed by atoms with Crippen molar-refractivity contribution in [1.29, 1.82) is 0 Å². The van der Waals surface area contributed by atoms with Gasteiger partial charge in [-0.1, -0.05) is 97.1 Å². The number of hydrogen-bond donors (Lipinski definition) is 1. The summed E-state index contributed by atoms with van der Waals surface area (Å²) in [6.07, 6.45) is 5.34. The van der Waals surface area contributed by atoms with Gasteiger partial charge in [0.05, 0.1) is 6.04 Å². The number of amides is 1. The van der Waals surface area contributed by atoms with E-state index in [1.807, 2.05) is 42.5 Å². The second kappa shape index (κ2) is 14.5. The van der Waals surface area contributed by atoms with Gasteiger partial charge in [-0.3, -0.25) is 14.6 Å². The van der Waals surface area contributed by atoms with E-state index in [2.05, 4.69) is 39.4 Å².